The molecule has 5 nitrogen and oxygen atoms in total. The molecule has 1 aromatic carbocycles. The number of halogens is 1. The Hall–Kier alpha value is -1.02. The number of nitrogens with one attached hydrogen (secondary N) is 1. The fourth-order valence-corrected chi connectivity index (χ4v) is 5.13. The van der Waals surface area contributed by atoms with Gasteiger partial charge in [-0.15, -0.1) is 0 Å². The molecule has 140 valence electrons. The van der Waals surface area contributed by atoms with E-state index in [2.05, 4.69) is 9.62 Å². The van der Waals surface area contributed by atoms with Crippen LogP contribution in [0.15, 0.2) is 24.3 Å². The van der Waals surface area contributed by atoms with Crippen LogP contribution in [0.2, 0.25) is 0 Å². The van der Waals surface area contributed by atoms with E-state index in [4.69, 9.17) is 0 Å². The number of piperazine rings is 1. The quantitative estimate of drug-likeness (QED) is 0.801. The first-order valence-electron chi connectivity index (χ1n) is 9.27. The summed E-state index contributed by atoms with van der Waals surface area (Å²) in [4.78, 5) is 2.31. The maximum absolute atomic E-state index is 12.9. The van der Waals surface area contributed by atoms with Crippen molar-refractivity contribution in [1.29, 1.82) is 0 Å². The van der Waals surface area contributed by atoms with Crippen molar-refractivity contribution in [2.24, 2.45) is 0 Å². The van der Waals surface area contributed by atoms with Crippen LogP contribution < -0.4 is 4.72 Å². The molecule has 1 aliphatic carbocycles. The van der Waals surface area contributed by atoms with E-state index in [9.17, 15) is 12.8 Å². The topological polar surface area (TPSA) is 52.7 Å². The highest BCUT2D eigenvalue weighted by Crippen LogP contribution is 2.19. The molecule has 0 aromatic heterocycles. The SMILES string of the molecule is O=S(=O)(NC1CCCC1)N1CCN(CCCc2ccc(F)cc2)CC1. The number of aryl methyl sites for hydroxylation is 1. The molecule has 0 spiro atoms. The highest BCUT2D eigenvalue weighted by molar-refractivity contribution is 7.87. The van der Waals surface area contributed by atoms with E-state index in [1.54, 1.807) is 4.31 Å². The minimum Gasteiger partial charge on any atom is -0.301 e. The van der Waals surface area contributed by atoms with Crippen LogP contribution in [0.1, 0.15) is 37.7 Å². The van der Waals surface area contributed by atoms with Gasteiger partial charge in [0.2, 0.25) is 0 Å². The van der Waals surface area contributed by atoms with Crippen LogP contribution in [-0.2, 0) is 16.6 Å². The number of nitrogens with zero attached hydrogens (tertiary/aromatic N) is 2. The van der Waals surface area contributed by atoms with Gasteiger partial charge in [0.15, 0.2) is 0 Å². The Morgan fingerprint density at radius 3 is 2.32 bits per heavy atom. The van der Waals surface area contributed by atoms with Gasteiger partial charge in [-0.05, 0) is 49.9 Å². The summed E-state index contributed by atoms with van der Waals surface area (Å²) >= 11 is 0. The van der Waals surface area contributed by atoms with E-state index in [0.717, 1.165) is 63.7 Å². The second-order valence-electron chi connectivity index (χ2n) is 7.07. The molecular formula is C18H28FN3O2S. The van der Waals surface area contributed by atoms with Crippen LogP contribution in [0.25, 0.3) is 0 Å². The molecule has 0 atom stereocenters. The van der Waals surface area contributed by atoms with Crippen molar-refractivity contribution < 1.29 is 12.8 Å². The smallest absolute Gasteiger partial charge is 0.279 e. The molecule has 2 fully saturated rings. The van der Waals surface area contributed by atoms with Crippen LogP contribution in [0.4, 0.5) is 4.39 Å². The number of hydrogen-bond acceptors (Lipinski definition) is 3. The third-order valence-corrected chi connectivity index (χ3v) is 6.87. The molecule has 2 aliphatic rings. The molecule has 1 aliphatic heterocycles. The van der Waals surface area contributed by atoms with E-state index < -0.39 is 10.2 Å². The molecule has 1 saturated heterocycles. The molecule has 1 saturated carbocycles. The molecule has 1 N–H and O–H groups in total. The van der Waals surface area contributed by atoms with Gasteiger partial charge in [0, 0.05) is 32.2 Å². The molecule has 0 bridgehead atoms. The lowest BCUT2D eigenvalue weighted by atomic mass is 10.1. The largest absolute Gasteiger partial charge is 0.301 e. The second-order valence-corrected chi connectivity index (χ2v) is 8.78. The fraction of sp³-hybridized carbons (Fsp3) is 0.667. The van der Waals surface area contributed by atoms with E-state index in [1.165, 1.54) is 12.1 Å². The van der Waals surface area contributed by atoms with Gasteiger partial charge >= 0.3 is 0 Å². The van der Waals surface area contributed by atoms with Gasteiger partial charge in [-0.25, -0.2) is 4.39 Å². The molecule has 0 amide bonds. The van der Waals surface area contributed by atoms with Crippen molar-refractivity contribution in [2.45, 2.75) is 44.6 Å². The fourth-order valence-electron chi connectivity index (χ4n) is 3.68. The summed E-state index contributed by atoms with van der Waals surface area (Å²) in [5.41, 5.74) is 1.14. The van der Waals surface area contributed by atoms with Gasteiger partial charge < -0.3 is 4.90 Å². The minimum absolute atomic E-state index is 0.124. The van der Waals surface area contributed by atoms with Gasteiger partial charge in [0.05, 0.1) is 0 Å². The van der Waals surface area contributed by atoms with Crippen LogP contribution in [0, 0.1) is 5.82 Å². The Kier molecular flexibility index (Phi) is 6.44. The Labute approximate surface area is 150 Å². The normalized spacial score (nSPS) is 21.0. The third-order valence-electron chi connectivity index (χ3n) is 5.19. The van der Waals surface area contributed by atoms with Crippen molar-refractivity contribution in [3.63, 3.8) is 0 Å². The van der Waals surface area contributed by atoms with Gasteiger partial charge in [-0.1, -0.05) is 25.0 Å². The Bertz CT molecular complexity index is 637. The zero-order valence-electron chi connectivity index (χ0n) is 14.7. The highest BCUT2D eigenvalue weighted by Gasteiger charge is 2.29. The predicted molar refractivity (Wildman–Crippen MR) is 97.0 cm³/mol. The molecule has 3 rings (SSSR count). The summed E-state index contributed by atoms with van der Waals surface area (Å²) in [5, 5.41) is 0. The van der Waals surface area contributed by atoms with Gasteiger partial charge in [-0.2, -0.15) is 17.4 Å². The monoisotopic (exact) mass is 369 g/mol. The highest BCUT2D eigenvalue weighted by atomic mass is 32.2. The average molecular weight is 370 g/mol. The van der Waals surface area contributed by atoms with Crippen LogP contribution in [0.3, 0.4) is 0 Å². The van der Waals surface area contributed by atoms with Gasteiger partial charge in [0.1, 0.15) is 5.82 Å². The maximum atomic E-state index is 12.9. The molecule has 0 radical (unpaired) electrons. The summed E-state index contributed by atoms with van der Waals surface area (Å²) in [5.74, 6) is -0.202. The van der Waals surface area contributed by atoms with Gasteiger partial charge in [0.25, 0.3) is 10.2 Å². The molecule has 0 unspecified atom stereocenters. The Balaban J connectivity index is 1.38. The zero-order valence-corrected chi connectivity index (χ0v) is 15.5. The number of hydrogen-bond donors (Lipinski definition) is 1. The standard InChI is InChI=1S/C18H28FN3O2S/c19-17-9-7-16(8-10-17)4-3-11-21-12-14-22(15-13-21)25(23,24)20-18-5-1-2-6-18/h7-10,18,20H,1-6,11-15H2. The number of rotatable bonds is 7. The van der Waals surface area contributed by atoms with E-state index in [-0.39, 0.29) is 11.9 Å². The lowest BCUT2D eigenvalue weighted by molar-refractivity contribution is 0.185. The lowest BCUT2D eigenvalue weighted by Gasteiger charge is -2.34. The van der Waals surface area contributed by atoms with E-state index >= 15 is 0 Å². The van der Waals surface area contributed by atoms with Crippen molar-refractivity contribution in [3.8, 4) is 0 Å². The van der Waals surface area contributed by atoms with E-state index in [0.29, 0.717) is 13.1 Å². The van der Waals surface area contributed by atoms with Crippen LogP contribution in [-0.4, -0.2) is 56.4 Å². The Morgan fingerprint density at radius 2 is 1.68 bits per heavy atom. The predicted octanol–water partition coefficient (Wildman–Crippen LogP) is 2.15. The molecule has 1 aromatic rings. The third kappa shape index (κ3) is 5.48. The van der Waals surface area contributed by atoms with Crippen LogP contribution in [0.5, 0.6) is 0 Å². The maximum Gasteiger partial charge on any atom is 0.279 e. The first-order chi connectivity index (χ1) is 12.0. The molecule has 7 heteroatoms. The zero-order chi connectivity index (χ0) is 17.7. The van der Waals surface area contributed by atoms with Crippen LogP contribution >= 0.6 is 0 Å². The van der Waals surface area contributed by atoms with Crippen molar-refractivity contribution in [3.05, 3.63) is 35.6 Å². The summed E-state index contributed by atoms with van der Waals surface area (Å²) in [6, 6.07) is 6.77. The first kappa shape index (κ1) is 18.8. The summed E-state index contributed by atoms with van der Waals surface area (Å²) < 4.78 is 42.2. The number of benzene rings is 1. The summed E-state index contributed by atoms with van der Waals surface area (Å²) in [6.45, 7) is 3.60. The van der Waals surface area contributed by atoms with E-state index in [1.807, 2.05) is 12.1 Å². The Morgan fingerprint density at radius 1 is 1.04 bits per heavy atom. The van der Waals surface area contributed by atoms with Crippen molar-refractivity contribution >= 4 is 10.2 Å². The second kappa shape index (κ2) is 8.58. The van der Waals surface area contributed by atoms with Gasteiger partial charge in [-0.3, -0.25) is 0 Å². The summed E-state index contributed by atoms with van der Waals surface area (Å²) in [6.07, 6.45) is 6.08. The average Bonchev–Trinajstić information content (AvgIpc) is 3.09. The lowest BCUT2D eigenvalue weighted by Crippen LogP contribution is -2.53. The summed E-state index contributed by atoms with van der Waals surface area (Å²) in [7, 11) is -3.34. The molecule has 1 heterocycles. The van der Waals surface area contributed by atoms with Crippen molar-refractivity contribution in [1.82, 2.24) is 13.9 Å². The minimum atomic E-state index is -3.34. The molecular weight excluding hydrogens is 341 g/mol. The van der Waals surface area contributed by atoms with Crippen molar-refractivity contribution in [2.75, 3.05) is 32.7 Å². The first-order valence-corrected chi connectivity index (χ1v) is 10.7. The molecule has 25 heavy (non-hydrogen) atoms.